The Balaban J connectivity index is 1.23. The van der Waals surface area contributed by atoms with Gasteiger partial charge in [0.05, 0.1) is 0 Å². The zero-order chi connectivity index (χ0) is 34.9. The second-order valence-electron chi connectivity index (χ2n) is 12.7. The molecule has 0 aliphatic carbocycles. The minimum absolute atomic E-state index is 0.627. The number of fused-ring (bicyclic) bond motifs is 4. The second kappa shape index (κ2) is 13.4. The highest BCUT2D eigenvalue weighted by molar-refractivity contribution is 6.19. The van der Waals surface area contributed by atoms with Crippen LogP contribution in [0.25, 0.3) is 95.2 Å². The molecule has 7 aromatic carbocycles. The standard InChI is InChI=1S/C48H33N3O/c1-2-3-6-15-32-24-26-35(27-25-32)47-49-46(34-18-9-5-10-19-34)50-48(51-47)41-31-29-39(37-20-11-12-21-38(37)41)40-30-28-36(33-16-7-4-8-17-33)45-44(40)42-22-13-14-23-43(42)52-45/h2-31H,1H3/b3-2-,15-6-. The van der Waals surface area contributed by atoms with E-state index in [0.29, 0.717) is 17.5 Å². The van der Waals surface area contributed by atoms with E-state index in [-0.39, 0.29) is 0 Å². The van der Waals surface area contributed by atoms with E-state index in [9.17, 15) is 0 Å². The highest BCUT2D eigenvalue weighted by atomic mass is 16.3. The fourth-order valence-corrected chi connectivity index (χ4v) is 6.99. The van der Waals surface area contributed by atoms with Crippen molar-refractivity contribution < 1.29 is 4.42 Å². The van der Waals surface area contributed by atoms with Gasteiger partial charge in [0.2, 0.25) is 0 Å². The molecule has 2 aromatic heterocycles. The van der Waals surface area contributed by atoms with Gasteiger partial charge in [-0.2, -0.15) is 0 Å². The van der Waals surface area contributed by atoms with E-state index in [2.05, 4.69) is 115 Å². The van der Waals surface area contributed by atoms with E-state index >= 15 is 0 Å². The first-order valence-corrected chi connectivity index (χ1v) is 17.5. The van der Waals surface area contributed by atoms with Gasteiger partial charge >= 0.3 is 0 Å². The largest absolute Gasteiger partial charge is 0.455 e. The smallest absolute Gasteiger partial charge is 0.164 e. The molecule has 0 aliphatic heterocycles. The molecule has 9 rings (SSSR count). The Morgan fingerprint density at radius 1 is 0.423 bits per heavy atom. The number of para-hydroxylation sites is 1. The molecular formula is C48H33N3O. The highest BCUT2D eigenvalue weighted by Gasteiger charge is 2.20. The van der Waals surface area contributed by atoms with E-state index in [1.807, 2.05) is 73.7 Å². The van der Waals surface area contributed by atoms with E-state index in [4.69, 9.17) is 19.4 Å². The molecule has 52 heavy (non-hydrogen) atoms. The summed E-state index contributed by atoms with van der Waals surface area (Å²) in [4.78, 5) is 15.2. The van der Waals surface area contributed by atoms with Crippen molar-refractivity contribution in [1.82, 2.24) is 15.0 Å². The van der Waals surface area contributed by atoms with Gasteiger partial charge in [-0.3, -0.25) is 0 Å². The lowest BCUT2D eigenvalue weighted by Crippen LogP contribution is -2.00. The highest BCUT2D eigenvalue weighted by Crippen LogP contribution is 2.44. The molecule has 0 saturated carbocycles. The molecule has 4 nitrogen and oxygen atoms in total. The lowest BCUT2D eigenvalue weighted by molar-refractivity contribution is 0.670. The van der Waals surface area contributed by atoms with Crippen LogP contribution in [0.15, 0.2) is 180 Å². The summed E-state index contributed by atoms with van der Waals surface area (Å²) in [5.74, 6) is 1.89. The number of hydrogen-bond donors (Lipinski definition) is 0. The normalized spacial score (nSPS) is 11.8. The van der Waals surface area contributed by atoms with Crippen LogP contribution >= 0.6 is 0 Å². The predicted molar refractivity (Wildman–Crippen MR) is 216 cm³/mol. The summed E-state index contributed by atoms with van der Waals surface area (Å²) in [7, 11) is 0. The number of nitrogens with zero attached hydrogens (tertiary/aromatic N) is 3. The van der Waals surface area contributed by atoms with Gasteiger partial charge in [-0.1, -0.05) is 164 Å². The summed E-state index contributed by atoms with van der Waals surface area (Å²) < 4.78 is 6.61. The number of aromatic nitrogens is 3. The molecule has 0 aliphatic rings. The Labute approximate surface area is 302 Å². The maximum Gasteiger partial charge on any atom is 0.164 e. The Hall–Kier alpha value is -6.91. The van der Waals surface area contributed by atoms with Crippen LogP contribution in [0.4, 0.5) is 0 Å². The topological polar surface area (TPSA) is 51.8 Å². The Kier molecular flexibility index (Phi) is 8.03. The van der Waals surface area contributed by atoms with Crippen LogP contribution in [-0.2, 0) is 0 Å². The van der Waals surface area contributed by atoms with Crippen molar-refractivity contribution in [3.05, 3.63) is 182 Å². The maximum atomic E-state index is 6.61. The van der Waals surface area contributed by atoms with Crippen LogP contribution in [-0.4, -0.2) is 15.0 Å². The quantitative estimate of drug-likeness (QED) is 0.159. The van der Waals surface area contributed by atoms with Crippen LogP contribution in [0.5, 0.6) is 0 Å². The molecule has 0 spiro atoms. The van der Waals surface area contributed by atoms with Crippen LogP contribution < -0.4 is 0 Å². The van der Waals surface area contributed by atoms with Gasteiger partial charge in [0, 0.05) is 33.0 Å². The molecule has 0 N–H and O–H groups in total. The molecule has 9 aromatic rings. The fraction of sp³-hybridized carbons (Fsp3) is 0.0208. The molecular weight excluding hydrogens is 635 g/mol. The van der Waals surface area contributed by atoms with Gasteiger partial charge in [-0.15, -0.1) is 0 Å². The molecule has 0 bridgehead atoms. The van der Waals surface area contributed by atoms with Gasteiger partial charge in [-0.05, 0) is 58.1 Å². The minimum Gasteiger partial charge on any atom is -0.455 e. The summed E-state index contributed by atoms with van der Waals surface area (Å²) >= 11 is 0. The molecule has 0 saturated heterocycles. The zero-order valence-corrected chi connectivity index (χ0v) is 28.6. The van der Waals surface area contributed by atoms with Crippen molar-refractivity contribution in [3.8, 4) is 56.4 Å². The molecule has 4 heteroatoms. The van der Waals surface area contributed by atoms with Gasteiger partial charge in [-0.25, -0.2) is 15.0 Å². The first-order chi connectivity index (χ1) is 25.7. The van der Waals surface area contributed by atoms with E-state index in [1.165, 1.54) is 0 Å². The molecule has 0 atom stereocenters. The average molecular weight is 668 g/mol. The second-order valence-corrected chi connectivity index (χ2v) is 12.7. The van der Waals surface area contributed by atoms with Crippen LogP contribution in [0, 0.1) is 0 Å². The van der Waals surface area contributed by atoms with Crippen LogP contribution in [0.1, 0.15) is 12.5 Å². The van der Waals surface area contributed by atoms with Crippen molar-refractivity contribution in [2.75, 3.05) is 0 Å². The SMILES string of the molecule is C/C=C\C=C/c1ccc(-c2nc(-c3ccccc3)nc(-c3ccc(-c4ccc(-c5ccccc5)c5oc6ccccc6c45)c4ccccc34)n2)cc1. The monoisotopic (exact) mass is 667 g/mol. The lowest BCUT2D eigenvalue weighted by Gasteiger charge is -2.14. The van der Waals surface area contributed by atoms with Gasteiger partial charge < -0.3 is 4.42 Å². The minimum atomic E-state index is 0.627. The van der Waals surface area contributed by atoms with Crippen LogP contribution in [0.3, 0.4) is 0 Å². The average Bonchev–Trinajstić information content (AvgIpc) is 3.61. The Morgan fingerprint density at radius 2 is 0.962 bits per heavy atom. The maximum absolute atomic E-state index is 6.61. The predicted octanol–water partition coefficient (Wildman–Crippen LogP) is 12.8. The van der Waals surface area contributed by atoms with Crippen molar-refractivity contribution in [1.29, 1.82) is 0 Å². The first kappa shape index (κ1) is 31.1. The molecule has 2 heterocycles. The Morgan fingerprint density at radius 3 is 1.67 bits per heavy atom. The number of benzene rings is 7. The molecule has 246 valence electrons. The van der Waals surface area contributed by atoms with E-state index in [1.54, 1.807) is 0 Å². The van der Waals surface area contributed by atoms with Gasteiger partial charge in [0.15, 0.2) is 17.5 Å². The summed E-state index contributed by atoms with van der Waals surface area (Å²) in [5.41, 5.74) is 10.1. The summed E-state index contributed by atoms with van der Waals surface area (Å²) in [5, 5.41) is 4.37. The van der Waals surface area contributed by atoms with Crippen molar-refractivity contribution in [2.45, 2.75) is 6.92 Å². The third kappa shape index (κ3) is 5.66. The summed E-state index contributed by atoms with van der Waals surface area (Å²) in [6, 6.07) is 54.5. The molecule has 0 amide bonds. The third-order valence-corrected chi connectivity index (χ3v) is 9.49. The van der Waals surface area contributed by atoms with Gasteiger partial charge in [0.25, 0.3) is 0 Å². The first-order valence-electron chi connectivity index (χ1n) is 17.5. The molecule has 0 unspecified atom stereocenters. The van der Waals surface area contributed by atoms with Crippen molar-refractivity contribution in [2.24, 2.45) is 0 Å². The number of furan rings is 1. The Bertz CT molecular complexity index is 2780. The lowest BCUT2D eigenvalue weighted by atomic mass is 9.90. The number of rotatable bonds is 7. The zero-order valence-electron chi connectivity index (χ0n) is 28.6. The van der Waals surface area contributed by atoms with Gasteiger partial charge in [0.1, 0.15) is 11.2 Å². The van der Waals surface area contributed by atoms with E-state index in [0.717, 1.165) is 77.2 Å². The third-order valence-electron chi connectivity index (χ3n) is 9.49. The fourth-order valence-electron chi connectivity index (χ4n) is 6.99. The van der Waals surface area contributed by atoms with Crippen LogP contribution in [0.2, 0.25) is 0 Å². The molecule has 0 radical (unpaired) electrons. The van der Waals surface area contributed by atoms with Crippen molar-refractivity contribution in [3.63, 3.8) is 0 Å². The van der Waals surface area contributed by atoms with E-state index < -0.39 is 0 Å². The summed E-state index contributed by atoms with van der Waals surface area (Å²) in [6.45, 7) is 2.01. The number of hydrogen-bond acceptors (Lipinski definition) is 4. The summed E-state index contributed by atoms with van der Waals surface area (Å²) in [6.07, 6.45) is 8.16. The number of allylic oxidation sites excluding steroid dienone is 3. The van der Waals surface area contributed by atoms with Crippen molar-refractivity contribution >= 4 is 38.8 Å². The molecule has 0 fully saturated rings.